The molecule has 9 nitrogen and oxygen atoms in total. The summed E-state index contributed by atoms with van der Waals surface area (Å²) in [5, 5.41) is 12.7. The lowest BCUT2D eigenvalue weighted by Gasteiger charge is -2.47. The summed E-state index contributed by atoms with van der Waals surface area (Å²) in [6.45, 7) is 3.63. The molecule has 6 rings (SSSR count). The Morgan fingerprint density at radius 2 is 1.95 bits per heavy atom. The Hall–Kier alpha value is -2.91. The summed E-state index contributed by atoms with van der Waals surface area (Å²) in [6, 6.07) is 4.67. The molecule has 2 unspecified atom stereocenters. The Morgan fingerprint density at radius 1 is 1.26 bits per heavy atom. The molecule has 0 saturated carbocycles. The van der Waals surface area contributed by atoms with Crippen LogP contribution in [0.2, 0.25) is 0 Å². The summed E-state index contributed by atoms with van der Waals surface area (Å²) in [4.78, 5) is 19.6. The van der Waals surface area contributed by atoms with Crippen LogP contribution >= 0.6 is 0 Å². The van der Waals surface area contributed by atoms with Gasteiger partial charge in [0, 0.05) is 62.4 Å². The molecule has 236 valence electrons. The van der Waals surface area contributed by atoms with Crippen molar-refractivity contribution in [3.05, 3.63) is 53.4 Å². The topological polar surface area (TPSA) is 102 Å². The molecule has 4 aliphatic rings. The van der Waals surface area contributed by atoms with Gasteiger partial charge in [0.15, 0.2) is 17.2 Å². The number of alkyl halides is 3. The molecule has 4 fully saturated rings. The van der Waals surface area contributed by atoms with E-state index in [-0.39, 0.29) is 42.4 Å². The van der Waals surface area contributed by atoms with Gasteiger partial charge in [-0.3, -0.25) is 14.7 Å². The van der Waals surface area contributed by atoms with Gasteiger partial charge in [0.05, 0.1) is 24.5 Å². The molecule has 4 saturated heterocycles. The van der Waals surface area contributed by atoms with Crippen molar-refractivity contribution in [3.8, 4) is 5.75 Å². The van der Waals surface area contributed by atoms with Gasteiger partial charge >= 0.3 is 6.18 Å². The average molecular weight is 616 g/mol. The molecule has 4 aliphatic heterocycles. The number of benzene rings is 1. The summed E-state index contributed by atoms with van der Waals surface area (Å²) in [5.41, 5.74) is -2.62. The van der Waals surface area contributed by atoms with Crippen LogP contribution in [0.25, 0.3) is 0 Å². The number of halogens is 5. The Labute approximate surface area is 245 Å². The van der Waals surface area contributed by atoms with Crippen molar-refractivity contribution in [1.29, 1.82) is 0 Å². The Balaban J connectivity index is 1.43. The van der Waals surface area contributed by atoms with Crippen molar-refractivity contribution in [2.45, 2.75) is 62.4 Å². The second-order valence-corrected chi connectivity index (χ2v) is 11.4. The van der Waals surface area contributed by atoms with E-state index in [9.17, 15) is 27.5 Å². The number of amides is 1. The summed E-state index contributed by atoms with van der Waals surface area (Å²) in [7, 11) is 1.38. The number of rotatable bonds is 10. The number of hydrogen-bond acceptors (Lipinski definition) is 8. The molecule has 1 amide bonds. The first-order valence-corrected chi connectivity index (χ1v) is 14.0. The van der Waals surface area contributed by atoms with E-state index in [0.717, 1.165) is 25.5 Å². The highest BCUT2D eigenvalue weighted by Gasteiger charge is 2.66. The maximum Gasteiger partial charge on any atom is 0.417 e. The smallest absolute Gasteiger partial charge is 0.417 e. The number of piperidine rings is 1. The average Bonchev–Trinajstić information content (AvgIpc) is 3.22. The van der Waals surface area contributed by atoms with E-state index >= 15 is 4.39 Å². The van der Waals surface area contributed by atoms with Gasteiger partial charge in [-0.2, -0.15) is 17.6 Å². The number of anilines is 1. The molecular formula is C29H34F5N3O6. The predicted molar refractivity (Wildman–Crippen MR) is 143 cm³/mol. The first-order valence-electron chi connectivity index (χ1n) is 14.0. The van der Waals surface area contributed by atoms with Crippen LogP contribution in [0.5, 0.6) is 5.75 Å². The van der Waals surface area contributed by atoms with Crippen LogP contribution in [-0.2, 0) is 19.0 Å². The summed E-state index contributed by atoms with van der Waals surface area (Å²) >= 11 is 0. The first-order chi connectivity index (χ1) is 20.3. The fourth-order valence-electron chi connectivity index (χ4n) is 6.04. The number of nitrogens with one attached hydrogen (secondary N) is 1. The number of hydrogen-bond donors (Lipinski definition) is 2. The fourth-order valence-corrected chi connectivity index (χ4v) is 6.04. The van der Waals surface area contributed by atoms with E-state index in [1.165, 1.54) is 32.4 Å². The first kappa shape index (κ1) is 31.5. The molecule has 2 aromatic rings. The predicted octanol–water partition coefficient (Wildman–Crippen LogP) is 3.97. The van der Waals surface area contributed by atoms with Crippen molar-refractivity contribution in [2.75, 3.05) is 45.3 Å². The zero-order valence-electron chi connectivity index (χ0n) is 23.9. The molecule has 0 aliphatic carbocycles. The lowest BCUT2D eigenvalue weighted by molar-refractivity contribution is -0.272. The second kappa shape index (κ2) is 12.2. The molecule has 1 aromatic heterocycles. The minimum atomic E-state index is -4.90. The third kappa shape index (κ3) is 6.21. The zero-order valence-corrected chi connectivity index (χ0v) is 23.9. The number of ether oxygens (including phenoxy) is 4. The summed E-state index contributed by atoms with van der Waals surface area (Å²) in [5.74, 6) is -6.88. The fraction of sp³-hybridized carbons (Fsp3) is 0.586. The van der Waals surface area contributed by atoms with Crippen molar-refractivity contribution < 1.29 is 50.8 Å². The van der Waals surface area contributed by atoms with Crippen LogP contribution in [-0.4, -0.2) is 90.9 Å². The number of morpholine rings is 1. The molecule has 43 heavy (non-hydrogen) atoms. The SMILES string of the molecule is COC[C@@H](O)c1cc(NC(=O)[C@@H]2O[C@@](C)(C(F)(F)F)[C@@H](C)[C@H]2c2ccc(F)c(F)c2OCCN2CC3CC(C2)O3)ccn1. The monoisotopic (exact) mass is 615 g/mol. The molecule has 2 N–H and O–H groups in total. The van der Waals surface area contributed by atoms with E-state index in [0.29, 0.717) is 19.6 Å². The molecule has 14 heteroatoms. The highest BCUT2D eigenvalue weighted by molar-refractivity contribution is 5.95. The number of carbonyl (C=O) groups excluding carboxylic acids is 1. The molecular weight excluding hydrogens is 581 g/mol. The number of methoxy groups -OCH3 is 1. The highest BCUT2D eigenvalue weighted by Crippen LogP contribution is 2.55. The van der Waals surface area contributed by atoms with Crippen LogP contribution in [0.15, 0.2) is 30.5 Å². The lowest BCUT2D eigenvalue weighted by Crippen LogP contribution is -2.57. The van der Waals surface area contributed by atoms with Crippen LogP contribution in [0.4, 0.5) is 27.6 Å². The molecule has 5 heterocycles. The van der Waals surface area contributed by atoms with Crippen molar-refractivity contribution in [1.82, 2.24) is 9.88 Å². The number of pyridine rings is 1. The van der Waals surface area contributed by atoms with Crippen LogP contribution < -0.4 is 10.1 Å². The Kier molecular flexibility index (Phi) is 8.96. The van der Waals surface area contributed by atoms with E-state index < -0.39 is 59.1 Å². The standard InChI is InChI=1S/C29H34F5N3O6/c1-15-23(19-4-5-20(30)24(31)25(19)41-9-8-37-12-17-11-18(13-37)42-17)26(43-28(15,2)29(32,33)34)27(39)36-16-6-7-35-21(10-16)22(38)14-40-3/h4-7,10,15,17-18,22-23,26,38H,8-9,11-14H2,1-3H3,(H,35,36,39)/t15-,17?,18?,22+,23-,26+,28+/m0/s1. The number of nitrogens with zero attached hydrogens (tertiary/aromatic N) is 2. The minimum absolute atomic E-state index is 0.0637. The quantitative estimate of drug-likeness (QED) is 0.388. The minimum Gasteiger partial charge on any atom is -0.489 e. The van der Waals surface area contributed by atoms with Gasteiger partial charge in [-0.25, -0.2) is 4.39 Å². The van der Waals surface area contributed by atoms with Gasteiger partial charge in [0.2, 0.25) is 5.82 Å². The van der Waals surface area contributed by atoms with Crippen molar-refractivity contribution in [2.24, 2.45) is 5.92 Å². The largest absolute Gasteiger partial charge is 0.489 e. The third-order valence-corrected chi connectivity index (χ3v) is 8.57. The number of aromatic nitrogens is 1. The summed E-state index contributed by atoms with van der Waals surface area (Å²) < 4.78 is 94.4. The van der Waals surface area contributed by atoms with Crippen molar-refractivity contribution >= 4 is 11.6 Å². The van der Waals surface area contributed by atoms with E-state index in [1.54, 1.807) is 0 Å². The highest BCUT2D eigenvalue weighted by atomic mass is 19.4. The summed E-state index contributed by atoms with van der Waals surface area (Å²) in [6.07, 6.45) is -5.26. The van der Waals surface area contributed by atoms with Crippen molar-refractivity contribution in [3.63, 3.8) is 0 Å². The number of carbonyl (C=O) groups is 1. The molecule has 0 spiro atoms. The van der Waals surface area contributed by atoms with Crippen LogP contribution in [0.1, 0.15) is 43.5 Å². The number of aliphatic hydroxyl groups excluding tert-OH is 1. The normalized spacial score (nSPS) is 29.7. The van der Waals surface area contributed by atoms with Gasteiger partial charge in [-0.1, -0.05) is 13.0 Å². The molecule has 1 aromatic carbocycles. The van der Waals surface area contributed by atoms with Gasteiger partial charge in [0.1, 0.15) is 18.8 Å². The third-order valence-electron chi connectivity index (χ3n) is 8.57. The van der Waals surface area contributed by atoms with Gasteiger partial charge in [-0.15, -0.1) is 0 Å². The maximum atomic E-state index is 15.2. The van der Waals surface area contributed by atoms with Crippen LogP contribution in [0, 0.1) is 17.6 Å². The molecule has 2 bridgehead atoms. The van der Waals surface area contributed by atoms with Gasteiger partial charge in [0.25, 0.3) is 5.91 Å². The Bertz CT molecular complexity index is 1320. The zero-order chi connectivity index (χ0) is 31.1. The molecule has 7 atom stereocenters. The second-order valence-electron chi connectivity index (χ2n) is 11.4. The number of aliphatic hydroxyl groups is 1. The van der Waals surface area contributed by atoms with Crippen LogP contribution in [0.3, 0.4) is 0 Å². The van der Waals surface area contributed by atoms with Gasteiger partial charge < -0.3 is 29.4 Å². The van der Waals surface area contributed by atoms with E-state index in [2.05, 4.69) is 15.2 Å². The Morgan fingerprint density at radius 3 is 2.60 bits per heavy atom. The maximum absolute atomic E-state index is 15.2. The number of fused-ring (bicyclic) bond motifs is 2. The van der Waals surface area contributed by atoms with E-state index in [4.69, 9.17) is 18.9 Å². The lowest BCUT2D eigenvalue weighted by atomic mass is 9.77. The van der Waals surface area contributed by atoms with Gasteiger partial charge in [-0.05, 0) is 25.1 Å². The van der Waals surface area contributed by atoms with E-state index in [1.807, 2.05) is 0 Å². The molecule has 0 radical (unpaired) electrons.